The fraction of sp³-hybridized carbons (Fsp3) is 0.200. The molecule has 0 atom stereocenters. The van der Waals surface area contributed by atoms with Crippen LogP contribution in [-0.4, -0.2) is 29.8 Å². The van der Waals surface area contributed by atoms with E-state index >= 15 is 0 Å². The van der Waals surface area contributed by atoms with Crippen molar-refractivity contribution in [3.63, 3.8) is 0 Å². The highest BCUT2D eigenvalue weighted by molar-refractivity contribution is 7.98. The van der Waals surface area contributed by atoms with Gasteiger partial charge in [-0.1, -0.05) is 12.1 Å². The number of carbonyl (C=O) groups is 1. The van der Waals surface area contributed by atoms with E-state index in [-0.39, 0.29) is 12.5 Å². The van der Waals surface area contributed by atoms with Gasteiger partial charge in [0.05, 0.1) is 0 Å². The number of pyridine rings is 1. The van der Waals surface area contributed by atoms with Crippen LogP contribution in [0.15, 0.2) is 65.5 Å². The Balaban J connectivity index is 1.35. The summed E-state index contributed by atoms with van der Waals surface area (Å²) in [6.07, 6.45) is 1.67. The van der Waals surface area contributed by atoms with Crippen molar-refractivity contribution >= 4 is 29.0 Å². The number of rotatable bonds is 10. The SMILES string of the molecule is O=C(COc1cccc(Oc2ccccn2)c1)NCCSCc1ccsc1. The topological polar surface area (TPSA) is 60.5 Å². The summed E-state index contributed by atoms with van der Waals surface area (Å²) < 4.78 is 11.2. The zero-order valence-corrected chi connectivity index (χ0v) is 16.3. The lowest BCUT2D eigenvalue weighted by atomic mass is 10.3. The molecule has 0 fully saturated rings. The third-order valence-corrected chi connectivity index (χ3v) is 5.22. The van der Waals surface area contributed by atoms with Crippen LogP contribution in [0.4, 0.5) is 0 Å². The second-order valence-electron chi connectivity index (χ2n) is 5.57. The standard InChI is InChI=1S/C20H20N2O3S2/c23-19(21-9-11-27-15-16-7-10-26-14-16)13-24-17-4-3-5-18(12-17)25-20-6-1-2-8-22-20/h1-8,10,12,14H,9,11,13,15H2,(H,21,23). The predicted octanol–water partition coefficient (Wildman–Crippen LogP) is 4.36. The number of carbonyl (C=O) groups excluding carboxylic acids is 1. The number of benzene rings is 1. The lowest BCUT2D eigenvalue weighted by Crippen LogP contribution is -2.30. The van der Waals surface area contributed by atoms with Crippen molar-refractivity contribution in [2.45, 2.75) is 5.75 Å². The van der Waals surface area contributed by atoms with Crippen LogP contribution in [0.25, 0.3) is 0 Å². The third-order valence-electron chi connectivity index (χ3n) is 3.45. The van der Waals surface area contributed by atoms with Gasteiger partial charge in [0, 0.05) is 36.4 Å². The quantitative estimate of drug-likeness (QED) is 0.512. The van der Waals surface area contributed by atoms with E-state index < -0.39 is 0 Å². The molecule has 140 valence electrons. The fourth-order valence-electron chi connectivity index (χ4n) is 2.18. The lowest BCUT2D eigenvalue weighted by molar-refractivity contribution is -0.122. The molecule has 0 aliphatic carbocycles. The first-order valence-corrected chi connectivity index (χ1v) is 10.6. The molecule has 3 rings (SSSR count). The maximum atomic E-state index is 11.9. The number of thioether (sulfide) groups is 1. The van der Waals surface area contributed by atoms with Gasteiger partial charge in [-0.15, -0.1) is 0 Å². The minimum absolute atomic E-state index is 0.0256. The predicted molar refractivity (Wildman–Crippen MR) is 110 cm³/mol. The normalized spacial score (nSPS) is 10.4. The Kier molecular flexibility index (Phi) is 7.56. The minimum atomic E-state index is -0.137. The second-order valence-corrected chi connectivity index (χ2v) is 7.45. The molecule has 0 bridgehead atoms. The van der Waals surface area contributed by atoms with Crippen molar-refractivity contribution in [2.75, 3.05) is 18.9 Å². The summed E-state index contributed by atoms with van der Waals surface area (Å²) in [5, 5.41) is 7.08. The van der Waals surface area contributed by atoms with Crippen molar-refractivity contribution in [3.8, 4) is 17.4 Å². The summed E-state index contributed by atoms with van der Waals surface area (Å²) in [6, 6.07) is 14.7. The van der Waals surface area contributed by atoms with E-state index in [0.29, 0.717) is 23.9 Å². The Morgan fingerprint density at radius 1 is 1.15 bits per heavy atom. The van der Waals surface area contributed by atoms with E-state index in [1.807, 2.05) is 24.3 Å². The Morgan fingerprint density at radius 2 is 2.07 bits per heavy atom. The van der Waals surface area contributed by atoms with Gasteiger partial charge in [0.1, 0.15) is 11.5 Å². The highest BCUT2D eigenvalue weighted by Gasteiger charge is 2.04. The summed E-state index contributed by atoms with van der Waals surface area (Å²) in [7, 11) is 0. The van der Waals surface area contributed by atoms with Gasteiger partial charge < -0.3 is 14.8 Å². The average Bonchev–Trinajstić information content (AvgIpc) is 3.21. The molecule has 0 saturated carbocycles. The summed E-state index contributed by atoms with van der Waals surface area (Å²) in [6.45, 7) is 0.599. The van der Waals surface area contributed by atoms with Gasteiger partial charge in [0.2, 0.25) is 5.88 Å². The molecule has 0 saturated heterocycles. The average molecular weight is 401 g/mol. The highest BCUT2D eigenvalue weighted by Crippen LogP contribution is 2.23. The molecule has 1 aromatic carbocycles. The molecule has 0 radical (unpaired) electrons. The van der Waals surface area contributed by atoms with Crippen molar-refractivity contribution in [1.29, 1.82) is 0 Å². The third kappa shape index (κ3) is 6.96. The van der Waals surface area contributed by atoms with Crippen molar-refractivity contribution in [3.05, 3.63) is 71.1 Å². The van der Waals surface area contributed by atoms with Crippen LogP contribution >= 0.6 is 23.1 Å². The Morgan fingerprint density at radius 3 is 2.89 bits per heavy atom. The monoisotopic (exact) mass is 400 g/mol. The lowest BCUT2D eigenvalue weighted by Gasteiger charge is -2.09. The van der Waals surface area contributed by atoms with Crippen LogP contribution in [0.1, 0.15) is 5.56 Å². The summed E-state index contributed by atoms with van der Waals surface area (Å²) >= 11 is 3.50. The molecule has 2 aromatic heterocycles. The van der Waals surface area contributed by atoms with Gasteiger partial charge >= 0.3 is 0 Å². The highest BCUT2D eigenvalue weighted by atomic mass is 32.2. The van der Waals surface area contributed by atoms with Gasteiger partial charge in [-0.2, -0.15) is 23.1 Å². The van der Waals surface area contributed by atoms with Crippen LogP contribution in [0.2, 0.25) is 0 Å². The summed E-state index contributed by atoms with van der Waals surface area (Å²) in [5.74, 6) is 3.39. The van der Waals surface area contributed by atoms with Gasteiger partial charge in [-0.3, -0.25) is 4.79 Å². The first-order valence-electron chi connectivity index (χ1n) is 8.47. The maximum Gasteiger partial charge on any atom is 0.257 e. The van der Waals surface area contributed by atoms with Gasteiger partial charge in [0.15, 0.2) is 6.61 Å². The Bertz CT molecular complexity index is 826. The Hall–Kier alpha value is -2.51. The molecule has 27 heavy (non-hydrogen) atoms. The van der Waals surface area contributed by atoms with Crippen molar-refractivity contribution < 1.29 is 14.3 Å². The van der Waals surface area contributed by atoms with Crippen molar-refractivity contribution in [1.82, 2.24) is 10.3 Å². The molecule has 0 unspecified atom stereocenters. The zero-order valence-electron chi connectivity index (χ0n) is 14.7. The molecule has 1 N–H and O–H groups in total. The fourth-order valence-corrected chi connectivity index (χ4v) is 3.76. The zero-order chi connectivity index (χ0) is 18.7. The minimum Gasteiger partial charge on any atom is -0.484 e. The van der Waals surface area contributed by atoms with Crippen LogP contribution in [-0.2, 0) is 10.5 Å². The number of hydrogen-bond acceptors (Lipinski definition) is 6. The molecule has 1 amide bonds. The molecule has 5 nitrogen and oxygen atoms in total. The van der Waals surface area contributed by atoms with Gasteiger partial charge in [-0.05, 0) is 40.6 Å². The van der Waals surface area contributed by atoms with Crippen LogP contribution in [0, 0.1) is 0 Å². The number of ether oxygens (including phenoxy) is 2. The van der Waals surface area contributed by atoms with Gasteiger partial charge in [0.25, 0.3) is 5.91 Å². The maximum absolute atomic E-state index is 11.9. The molecule has 0 aliphatic heterocycles. The summed E-state index contributed by atoms with van der Waals surface area (Å²) in [5.41, 5.74) is 1.33. The molecular formula is C20H20N2O3S2. The molecule has 0 spiro atoms. The number of aromatic nitrogens is 1. The molecule has 7 heteroatoms. The van der Waals surface area contributed by atoms with E-state index in [2.05, 4.69) is 27.1 Å². The van der Waals surface area contributed by atoms with E-state index in [1.54, 1.807) is 47.5 Å². The summed E-state index contributed by atoms with van der Waals surface area (Å²) in [4.78, 5) is 16.0. The number of hydrogen-bond donors (Lipinski definition) is 1. The van der Waals surface area contributed by atoms with Crippen LogP contribution < -0.4 is 14.8 Å². The van der Waals surface area contributed by atoms with E-state index in [9.17, 15) is 4.79 Å². The van der Waals surface area contributed by atoms with Crippen LogP contribution in [0.5, 0.6) is 17.4 Å². The largest absolute Gasteiger partial charge is 0.484 e. The number of thiophene rings is 1. The molecular weight excluding hydrogens is 380 g/mol. The van der Waals surface area contributed by atoms with E-state index in [1.165, 1.54) is 5.56 Å². The number of nitrogens with one attached hydrogen (secondary N) is 1. The van der Waals surface area contributed by atoms with Crippen molar-refractivity contribution in [2.24, 2.45) is 0 Å². The van der Waals surface area contributed by atoms with Crippen LogP contribution in [0.3, 0.4) is 0 Å². The number of amides is 1. The first-order chi connectivity index (χ1) is 13.3. The Labute approximate surface area is 166 Å². The molecule has 0 aliphatic rings. The van der Waals surface area contributed by atoms with E-state index in [0.717, 1.165) is 11.5 Å². The smallest absolute Gasteiger partial charge is 0.257 e. The molecule has 3 aromatic rings. The van der Waals surface area contributed by atoms with Gasteiger partial charge in [-0.25, -0.2) is 4.98 Å². The van der Waals surface area contributed by atoms with E-state index in [4.69, 9.17) is 9.47 Å². The first kappa shape index (κ1) is 19.3. The molecule has 2 heterocycles. The second kappa shape index (κ2) is 10.6. The number of nitrogens with zero attached hydrogens (tertiary/aromatic N) is 1.